The van der Waals surface area contributed by atoms with Crippen LogP contribution in [0.15, 0.2) is 30.7 Å². The molecule has 1 N–H and O–H groups in total. The van der Waals surface area contributed by atoms with Gasteiger partial charge in [-0.25, -0.2) is 4.52 Å². The van der Waals surface area contributed by atoms with Crippen LogP contribution in [0.25, 0.3) is 5.65 Å². The number of fused-ring (bicyclic) bond motifs is 1. The van der Waals surface area contributed by atoms with Crippen LogP contribution in [-0.4, -0.2) is 114 Å². The van der Waals surface area contributed by atoms with Gasteiger partial charge in [-0.15, -0.1) is 5.10 Å². The zero-order chi connectivity index (χ0) is 31.9. The summed E-state index contributed by atoms with van der Waals surface area (Å²) in [7, 11) is 3.98. The number of piperidine rings is 1. The van der Waals surface area contributed by atoms with E-state index in [9.17, 15) is 22.8 Å². The summed E-state index contributed by atoms with van der Waals surface area (Å²) in [5, 5.41) is 12.1. The molecule has 45 heavy (non-hydrogen) atoms. The summed E-state index contributed by atoms with van der Waals surface area (Å²) < 4.78 is 42.5. The number of hydrogen-bond donors (Lipinski definition) is 1. The molecule has 16 heteroatoms. The number of piperazine rings is 1. The fraction of sp³-hybridized carbons (Fsp3) is 0.621. The maximum absolute atomic E-state index is 13.4. The lowest BCUT2D eigenvalue weighted by atomic mass is 9.73. The number of likely N-dealkylation sites (N-methyl/N-ethyl adjacent to an activating group) is 2. The number of likely N-dealkylation sites (tertiary alicyclic amines) is 1. The van der Waals surface area contributed by atoms with E-state index in [-0.39, 0.29) is 41.3 Å². The second-order valence-corrected chi connectivity index (χ2v) is 13.8. The van der Waals surface area contributed by atoms with Gasteiger partial charge in [0.15, 0.2) is 5.65 Å². The average molecular weight is 743 g/mol. The zero-order valence-corrected chi connectivity index (χ0v) is 27.5. The van der Waals surface area contributed by atoms with E-state index >= 15 is 0 Å². The number of alkyl halides is 4. The summed E-state index contributed by atoms with van der Waals surface area (Å²) in [5.41, 5.74) is 2.09. The smallest absolute Gasteiger partial charge is 0.369 e. The summed E-state index contributed by atoms with van der Waals surface area (Å²) in [6.45, 7) is 3.80. The maximum Gasteiger partial charge on any atom is 0.391 e. The molecule has 0 bridgehead atoms. The number of anilines is 3. The van der Waals surface area contributed by atoms with E-state index < -0.39 is 18.0 Å². The van der Waals surface area contributed by atoms with Crippen LogP contribution in [0.1, 0.15) is 32.1 Å². The van der Waals surface area contributed by atoms with Crippen molar-refractivity contribution in [1.82, 2.24) is 39.1 Å². The predicted octanol–water partition coefficient (Wildman–Crippen LogP) is 3.61. The minimum absolute atomic E-state index is 0.0293. The molecule has 5 heterocycles. The lowest BCUT2D eigenvalue weighted by molar-refractivity contribution is -0.207. The SMILES string of the molecule is CN1CCN(C(=O)Cn2cc(Nc3nc4c(N(C)CC5CCCC(I)N5C(=O)[C@H]5C[C@@H](C(F)(F)F)C5)cccn4n3)cn2)CC1. The zero-order valence-electron chi connectivity index (χ0n) is 25.3. The highest BCUT2D eigenvalue weighted by Gasteiger charge is 2.52. The van der Waals surface area contributed by atoms with E-state index in [1.165, 1.54) is 0 Å². The summed E-state index contributed by atoms with van der Waals surface area (Å²) in [6.07, 6.45) is 3.27. The minimum Gasteiger partial charge on any atom is -0.369 e. The molecule has 0 radical (unpaired) electrons. The molecule has 2 atom stereocenters. The second kappa shape index (κ2) is 12.9. The molecule has 2 amide bonds. The third-order valence-electron chi connectivity index (χ3n) is 9.16. The van der Waals surface area contributed by atoms with Gasteiger partial charge < -0.3 is 24.9 Å². The van der Waals surface area contributed by atoms with Crippen LogP contribution in [0, 0.1) is 11.8 Å². The molecule has 2 aliphatic heterocycles. The number of aromatic nitrogens is 5. The van der Waals surface area contributed by atoms with Crippen molar-refractivity contribution in [3.63, 3.8) is 0 Å². The average Bonchev–Trinajstić information content (AvgIpc) is 3.57. The highest BCUT2D eigenvalue weighted by atomic mass is 127. The van der Waals surface area contributed by atoms with Gasteiger partial charge in [0, 0.05) is 58.1 Å². The van der Waals surface area contributed by atoms with E-state index in [1.807, 2.05) is 40.9 Å². The summed E-state index contributed by atoms with van der Waals surface area (Å²) >= 11 is 2.25. The van der Waals surface area contributed by atoms with Gasteiger partial charge in [-0.3, -0.25) is 14.3 Å². The van der Waals surface area contributed by atoms with Crippen LogP contribution >= 0.6 is 22.6 Å². The largest absolute Gasteiger partial charge is 0.391 e. The van der Waals surface area contributed by atoms with Gasteiger partial charge in [-0.2, -0.15) is 23.3 Å². The van der Waals surface area contributed by atoms with E-state index in [4.69, 9.17) is 4.98 Å². The number of halogens is 4. The van der Waals surface area contributed by atoms with Crippen LogP contribution in [0.5, 0.6) is 0 Å². The monoisotopic (exact) mass is 742 g/mol. The lowest BCUT2D eigenvalue weighted by Crippen LogP contribution is -2.56. The van der Waals surface area contributed by atoms with Crippen LogP contribution in [0.4, 0.5) is 30.5 Å². The fourth-order valence-electron chi connectivity index (χ4n) is 6.42. The van der Waals surface area contributed by atoms with E-state index in [0.717, 1.165) is 38.0 Å². The number of hydrogen-bond acceptors (Lipinski definition) is 8. The number of pyridine rings is 1. The summed E-state index contributed by atoms with van der Waals surface area (Å²) in [6, 6.07) is 3.69. The standard InChI is InChI=1S/C29H38F3IN10O2/c1-38-9-11-40(12-10-38)25(44)18-41-16-21(15-34-41)35-28-36-26-23(6-4-8-42(26)37-28)39(2)17-22-5-3-7-24(33)43(22)27(45)19-13-20(14-19)29(30,31)32/h4,6,8,15-16,19-20,22,24H,3,5,7,9-14,17-18H2,1-2H3,(H,35,37)/t19-,20+,22?,24?. The molecular weight excluding hydrogens is 704 g/mol. The molecule has 1 aliphatic carbocycles. The lowest BCUT2D eigenvalue weighted by Gasteiger charge is -2.46. The van der Waals surface area contributed by atoms with E-state index in [2.05, 4.69) is 43.0 Å². The summed E-state index contributed by atoms with van der Waals surface area (Å²) in [5.74, 6) is -1.71. The van der Waals surface area contributed by atoms with Gasteiger partial charge in [-0.1, -0.05) is 22.6 Å². The Hall–Kier alpha value is -3.15. The molecule has 0 aromatic carbocycles. The van der Waals surface area contributed by atoms with Gasteiger partial charge in [0.25, 0.3) is 0 Å². The Morgan fingerprint density at radius 1 is 1.16 bits per heavy atom. The third-order valence-corrected chi connectivity index (χ3v) is 10.4. The third kappa shape index (κ3) is 7.00. The van der Waals surface area contributed by atoms with E-state index in [0.29, 0.717) is 36.9 Å². The fourth-order valence-corrected chi connectivity index (χ4v) is 7.59. The number of nitrogens with zero attached hydrogens (tertiary/aromatic N) is 9. The molecule has 2 saturated heterocycles. The molecule has 12 nitrogen and oxygen atoms in total. The molecule has 3 fully saturated rings. The maximum atomic E-state index is 13.4. The van der Waals surface area contributed by atoms with Gasteiger partial charge in [-0.05, 0) is 51.3 Å². The van der Waals surface area contributed by atoms with Crippen molar-refractivity contribution in [2.45, 2.75) is 54.9 Å². The summed E-state index contributed by atoms with van der Waals surface area (Å²) in [4.78, 5) is 38.8. The van der Waals surface area contributed by atoms with Crippen molar-refractivity contribution in [2.24, 2.45) is 11.8 Å². The van der Waals surface area contributed by atoms with Crippen molar-refractivity contribution in [1.29, 1.82) is 0 Å². The van der Waals surface area contributed by atoms with Crippen molar-refractivity contribution < 1.29 is 22.8 Å². The Morgan fingerprint density at radius 3 is 2.64 bits per heavy atom. The number of carbonyl (C=O) groups excluding carboxylic acids is 2. The highest BCUT2D eigenvalue weighted by Crippen LogP contribution is 2.46. The van der Waals surface area contributed by atoms with Crippen molar-refractivity contribution in [2.75, 3.05) is 57.0 Å². The molecule has 2 unspecified atom stereocenters. The van der Waals surface area contributed by atoms with Crippen LogP contribution in [0.2, 0.25) is 0 Å². The Kier molecular flexibility index (Phi) is 9.14. The number of rotatable bonds is 8. The quantitative estimate of drug-likeness (QED) is 0.212. The topological polar surface area (TPSA) is 107 Å². The first-order valence-electron chi connectivity index (χ1n) is 15.3. The molecule has 3 aromatic rings. The molecular formula is C29H38F3IN10O2. The van der Waals surface area contributed by atoms with Gasteiger partial charge in [0.05, 0.1) is 33.6 Å². The molecule has 3 aliphatic rings. The van der Waals surface area contributed by atoms with Gasteiger partial charge >= 0.3 is 6.18 Å². The van der Waals surface area contributed by atoms with Gasteiger partial charge in [0.2, 0.25) is 17.8 Å². The van der Waals surface area contributed by atoms with Crippen molar-refractivity contribution in [3.05, 3.63) is 30.7 Å². The molecule has 1 saturated carbocycles. The Bertz CT molecular complexity index is 1520. The van der Waals surface area contributed by atoms with Crippen LogP contribution in [-0.2, 0) is 16.1 Å². The van der Waals surface area contributed by atoms with Crippen LogP contribution < -0.4 is 10.2 Å². The van der Waals surface area contributed by atoms with E-state index in [1.54, 1.807) is 27.8 Å². The number of carbonyl (C=O) groups is 2. The Morgan fingerprint density at radius 2 is 1.91 bits per heavy atom. The van der Waals surface area contributed by atoms with Crippen molar-refractivity contribution >= 4 is 57.4 Å². The molecule has 244 valence electrons. The first kappa shape index (κ1) is 31.8. The minimum atomic E-state index is -4.24. The molecule has 3 aromatic heterocycles. The second-order valence-electron chi connectivity index (χ2n) is 12.4. The first-order chi connectivity index (χ1) is 21.5. The van der Waals surface area contributed by atoms with Crippen LogP contribution in [0.3, 0.4) is 0 Å². The predicted molar refractivity (Wildman–Crippen MR) is 170 cm³/mol. The molecule has 6 rings (SSSR count). The van der Waals surface area contributed by atoms with Crippen molar-refractivity contribution in [3.8, 4) is 0 Å². The Labute approximate surface area is 273 Å². The number of amides is 2. The first-order valence-corrected chi connectivity index (χ1v) is 16.6. The van der Waals surface area contributed by atoms with Gasteiger partial charge in [0.1, 0.15) is 6.54 Å². The molecule has 0 spiro atoms. The normalized spacial score (nSPS) is 24.5. The Balaban J connectivity index is 1.11. The highest BCUT2D eigenvalue weighted by molar-refractivity contribution is 14.1. The number of nitrogens with one attached hydrogen (secondary N) is 1.